The fourth-order valence-corrected chi connectivity index (χ4v) is 3.98. The molecule has 8 heteroatoms. The summed E-state index contributed by atoms with van der Waals surface area (Å²) in [4.78, 5) is 5.69. The van der Waals surface area contributed by atoms with Gasteiger partial charge in [0.2, 0.25) is 5.13 Å². The van der Waals surface area contributed by atoms with Gasteiger partial charge in [-0.25, -0.2) is 4.39 Å². The fourth-order valence-electron chi connectivity index (χ4n) is 3.25. The smallest absolute Gasteiger partial charge is 0.205 e. The van der Waals surface area contributed by atoms with Crippen LogP contribution in [-0.4, -0.2) is 52.9 Å². The first-order valence-electron chi connectivity index (χ1n) is 8.82. The summed E-state index contributed by atoms with van der Waals surface area (Å²) in [6.07, 6.45) is 0.899. The molecule has 26 heavy (non-hydrogen) atoms. The van der Waals surface area contributed by atoms with Gasteiger partial charge in [-0.2, -0.15) is 0 Å². The molecule has 1 aromatic carbocycles. The molecular weight excluding hydrogens is 353 g/mol. The summed E-state index contributed by atoms with van der Waals surface area (Å²) in [6.45, 7) is 7.18. The van der Waals surface area contributed by atoms with Crippen LogP contribution in [-0.2, 0) is 17.7 Å². The van der Waals surface area contributed by atoms with E-state index in [9.17, 15) is 4.39 Å². The molecule has 0 atom stereocenters. The predicted octanol–water partition coefficient (Wildman–Crippen LogP) is 2.95. The van der Waals surface area contributed by atoms with E-state index in [-0.39, 0.29) is 5.82 Å². The summed E-state index contributed by atoms with van der Waals surface area (Å²) >= 11 is 1.58. The van der Waals surface area contributed by atoms with Gasteiger partial charge in [0.15, 0.2) is 0 Å². The number of ether oxygens (including phenoxy) is 1. The Morgan fingerprint density at radius 1 is 1.31 bits per heavy atom. The van der Waals surface area contributed by atoms with Gasteiger partial charge in [0, 0.05) is 49.2 Å². The largest absolute Gasteiger partial charge is 0.379 e. The van der Waals surface area contributed by atoms with Crippen molar-refractivity contribution in [2.75, 3.05) is 38.2 Å². The number of anilines is 1. The van der Waals surface area contributed by atoms with Crippen molar-refractivity contribution in [1.29, 1.82) is 0 Å². The summed E-state index contributed by atoms with van der Waals surface area (Å²) in [7, 11) is 0. The molecule has 1 saturated heterocycles. The highest BCUT2D eigenvalue weighted by Crippen LogP contribution is 2.25. The lowest BCUT2D eigenvalue weighted by atomic mass is 10.1. The Morgan fingerprint density at radius 2 is 2.15 bits per heavy atom. The van der Waals surface area contributed by atoms with Gasteiger partial charge < -0.3 is 15.0 Å². The van der Waals surface area contributed by atoms with E-state index >= 15 is 0 Å². The number of morpholine rings is 1. The van der Waals surface area contributed by atoms with Crippen LogP contribution in [0, 0.1) is 12.7 Å². The van der Waals surface area contributed by atoms with Crippen LogP contribution in [0.15, 0.2) is 18.2 Å². The highest BCUT2D eigenvalue weighted by atomic mass is 32.1. The summed E-state index contributed by atoms with van der Waals surface area (Å²) in [5.41, 5.74) is 3.05. The van der Waals surface area contributed by atoms with Gasteiger partial charge in [0.05, 0.1) is 13.2 Å². The zero-order valence-electron chi connectivity index (χ0n) is 14.7. The fraction of sp³-hybridized carbons (Fsp3) is 0.444. The number of hydrogen-bond acceptors (Lipinski definition) is 6. The van der Waals surface area contributed by atoms with Crippen molar-refractivity contribution in [3.05, 3.63) is 40.3 Å². The van der Waals surface area contributed by atoms with Crippen LogP contribution in [0.3, 0.4) is 0 Å². The van der Waals surface area contributed by atoms with E-state index in [0.29, 0.717) is 6.54 Å². The SMILES string of the molecule is Cc1[nH]c2ccc(F)cc2c1CNc1nnc(CCN2CCOCC2)s1. The number of halogens is 1. The molecule has 0 radical (unpaired) electrons. The number of H-pyrrole nitrogens is 1. The Bertz CT molecular complexity index is 887. The Labute approximate surface area is 155 Å². The number of fused-ring (bicyclic) bond motifs is 1. The monoisotopic (exact) mass is 375 g/mol. The van der Waals surface area contributed by atoms with Crippen LogP contribution >= 0.6 is 11.3 Å². The highest BCUT2D eigenvalue weighted by Gasteiger charge is 2.13. The number of nitrogens with zero attached hydrogens (tertiary/aromatic N) is 3. The molecule has 0 aliphatic carbocycles. The Kier molecular flexibility index (Phi) is 5.14. The van der Waals surface area contributed by atoms with Gasteiger partial charge in [0.1, 0.15) is 10.8 Å². The Balaban J connectivity index is 1.37. The van der Waals surface area contributed by atoms with Gasteiger partial charge in [0.25, 0.3) is 0 Å². The van der Waals surface area contributed by atoms with E-state index < -0.39 is 0 Å². The van der Waals surface area contributed by atoms with E-state index in [4.69, 9.17) is 4.74 Å². The lowest BCUT2D eigenvalue weighted by Crippen LogP contribution is -2.37. The lowest BCUT2D eigenvalue weighted by Gasteiger charge is -2.25. The molecule has 2 N–H and O–H groups in total. The zero-order chi connectivity index (χ0) is 17.9. The molecule has 0 unspecified atom stereocenters. The van der Waals surface area contributed by atoms with Crippen molar-refractivity contribution in [2.24, 2.45) is 0 Å². The normalized spacial score (nSPS) is 15.6. The predicted molar refractivity (Wildman–Crippen MR) is 101 cm³/mol. The molecule has 0 spiro atoms. The first kappa shape index (κ1) is 17.4. The van der Waals surface area contributed by atoms with Crippen molar-refractivity contribution < 1.29 is 9.13 Å². The Hall–Kier alpha value is -2.03. The standard InChI is InChI=1S/C18H22FN5OS/c1-12-15(14-10-13(19)2-3-16(14)21-12)11-20-18-23-22-17(26-18)4-5-24-6-8-25-9-7-24/h2-3,10,21H,4-9,11H2,1H3,(H,20,23). The highest BCUT2D eigenvalue weighted by molar-refractivity contribution is 7.15. The third-order valence-electron chi connectivity index (χ3n) is 4.71. The molecule has 6 nitrogen and oxygen atoms in total. The number of hydrogen-bond donors (Lipinski definition) is 2. The summed E-state index contributed by atoms with van der Waals surface area (Å²) < 4.78 is 18.9. The molecule has 0 bridgehead atoms. The second-order valence-electron chi connectivity index (χ2n) is 6.48. The molecule has 1 aliphatic heterocycles. The number of benzene rings is 1. The van der Waals surface area contributed by atoms with Gasteiger partial charge in [-0.3, -0.25) is 4.90 Å². The maximum absolute atomic E-state index is 13.6. The number of aryl methyl sites for hydroxylation is 1. The van der Waals surface area contributed by atoms with E-state index in [1.54, 1.807) is 23.5 Å². The van der Waals surface area contributed by atoms with Gasteiger partial charge in [-0.1, -0.05) is 11.3 Å². The summed E-state index contributed by atoms with van der Waals surface area (Å²) in [5, 5.41) is 14.6. The zero-order valence-corrected chi connectivity index (χ0v) is 15.5. The van der Waals surface area contributed by atoms with Crippen LogP contribution in [0.5, 0.6) is 0 Å². The van der Waals surface area contributed by atoms with Crippen molar-refractivity contribution >= 4 is 27.4 Å². The average Bonchev–Trinajstić information content (AvgIpc) is 3.22. The minimum Gasteiger partial charge on any atom is -0.379 e. The third-order valence-corrected chi connectivity index (χ3v) is 5.65. The number of aromatic nitrogens is 3. The van der Waals surface area contributed by atoms with Crippen LogP contribution in [0.2, 0.25) is 0 Å². The van der Waals surface area contributed by atoms with Crippen molar-refractivity contribution in [2.45, 2.75) is 19.9 Å². The molecule has 3 heterocycles. The van der Waals surface area contributed by atoms with Crippen LogP contribution in [0.1, 0.15) is 16.3 Å². The van der Waals surface area contributed by atoms with E-state index in [1.165, 1.54) is 6.07 Å². The van der Waals surface area contributed by atoms with E-state index in [0.717, 1.165) is 71.6 Å². The molecule has 0 saturated carbocycles. The molecule has 3 aromatic rings. The quantitative estimate of drug-likeness (QED) is 0.693. The third kappa shape index (κ3) is 3.87. The Morgan fingerprint density at radius 3 is 3.00 bits per heavy atom. The minimum atomic E-state index is -0.223. The first-order valence-corrected chi connectivity index (χ1v) is 9.64. The number of rotatable bonds is 6. The molecule has 138 valence electrons. The van der Waals surface area contributed by atoms with Crippen molar-refractivity contribution in [3.63, 3.8) is 0 Å². The molecule has 1 fully saturated rings. The second kappa shape index (κ2) is 7.69. The van der Waals surface area contributed by atoms with Gasteiger partial charge >= 0.3 is 0 Å². The second-order valence-corrected chi connectivity index (χ2v) is 7.54. The van der Waals surface area contributed by atoms with E-state index in [2.05, 4.69) is 25.4 Å². The molecular formula is C18H22FN5OS. The summed E-state index contributed by atoms with van der Waals surface area (Å²) in [6, 6.07) is 4.82. The van der Waals surface area contributed by atoms with Gasteiger partial charge in [-0.15, -0.1) is 10.2 Å². The molecule has 0 amide bonds. The van der Waals surface area contributed by atoms with Gasteiger partial charge in [-0.05, 0) is 30.7 Å². The number of aromatic amines is 1. The molecule has 1 aliphatic rings. The van der Waals surface area contributed by atoms with Crippen LogP contribution in [0.25, 0.3) is 10.9 Å². The van der Waals surface area contributed by atoms with Crippen LogP contribution < -0.4 is 5.32 Å². The number of nitrogens with one attached hydrogen (secondary N) is 2. The van der Waals surface area contributed by atoms with Crippen LogP contribution in [0.4, 0.5) is 9.52 Å². The molecule has 2 aromatic heterocycles. The van der Waals surface area contributed by atoms with Crippen molar-refractivity contribution in [1.82, 2.24) is 20.1 Å². The minimum absolute atomic E-state index is 0.223. The lowest BCUT2D eigenvalue weighted by molar-refractivity contribution is 0.0384. The van der Waals surface area contributed by atoms with Crippen molar-refractivity contribution in [3.8, 4) is 0 Å². The first-order chi connectivity index (χ1) is 12.7. The maximum atomic E-state index is 13.6. The average molecular weight is 375 g/mol. The summed E-state index contributed by atoms with van der Waals surface area (Å²) in [5.74, 6) is -0.223. The molecule has 4 rings (SSSR count). The maximum Gasteiger partial charge on any atom is 0.205 e. The van der Waals surface area contributed by atoms with E-state index in [1.807, 2.05) is 6.92 Å². The topological polar surface area (TPSA) is 66.1 Å².